The highest BCUT2D eigenvalue weighted by atomic mass is 32.2. The molecule has 19 heavy (non-hydrogen) atoms. The monoisotopic (exact) mass is 274 g/mol. The molecule has 100 valence electrons. The van der Waals surface area contributed by atoms with E-state index >= 15 is 0 Å². The van der Waals surface area contributed by atoms with Crippen molar-refractivity contribution in [3.63, 3.8) is 0 Å². The van der Waals surface area contributed by atoms with Crippen molar-refractivity contribution in [2.75, 3.05) is 13.2 Å². The summed E-state index contributed by atoms with van der Waals surface area (Å²) in [7, 11) is 0. The zero-order valence-electron chi connectivity index (χ0n) is 10.9. The molecule has 1 heterocycles. The van der Waals surface area contributed by atoms with Gasteiger partial charge in [-0.1, -0.05) is 30.0 Å². The lowest BCUT2D eigenvalue weighted by Gasteiger charge is -2.31. The molecule has 2 nitrogen and oxygen atoms in total. The predicted molar refractivity (Wildman–Crippen MR) is 77.0 cm³/mol. The molecule has 0 radical (unpaired) electrons. The molecule has 1 aromatic carbocycles. The fourth-order valence-electron chi connectivity index (χ4n) is 2.54. The zero-order valence-corrected chi connectivity index (χ0v) is 11.7. The summed E-state index contributed by atoms with van der Waals surface area (Å²) in [5, 5.41) is 2.07. The summed E-state index contributed by atoms with van der Waals surface area (Å²) in [6.45, 7) is 1.50. The molecule has 0 amide bonds. The molecule has 3 rings (SSSR count). The van der Waals surface area contributed by atoms with Crippen LogP contribution in [0.3, 0.4) is 0 Å². The molecule has 0 atom stereocenters. The SMILES string of the molecule is C(=CSc1ccccc1)=C1CCC2(CC1)OCCO2. The minimum absolute atomic E-state index is 0.266. The van der Waals surface area contributed by atoms with E-state index in [0.717, 1.165) is 38.9 Å². The molecule has 1 saturated heterocycles. The maximum atomic E-state index is 5.72. The third-order valence-electron chi connectivity index (χ3n) is 3.63. The van der Waals surface area contributed by atoms with E-state index in [1.165, 1.54) is 10.5 Å². The Balaban J connectivity index is 1.57. The number of benzene rings is 1. The molecule has 3 heteroatoms. The Morgan fingerprint density at radius 1 is 1.05 bits per heavy atom. The molecule has 1 saturated carbocycles. The van der Waals surface area contributed by atoms with Crippen LogP contribution in [0.1, 0.15) is 25.7 Å². The van der Waals surface area contributed by atoms with Gasteiger partial charge in [-0.25, -0.2) is 0 Å². The molecular formula is C16H18O2S. The van der Waals surface area contributed by atoms with Crippen molar-refractivity contribution in [3.05, 3.63) is 47.0 Å². The van der Waals surface area contributed by atoms with Gasteiger partial charge >= 0.3 is 0 Å². The molecule has 0 aromatic heterocycles. The minimum Gasteiger partial charge on any atom is -0.348 e. The highest BCUT2D eigenvalue weighted by Gasteiger charge is 2.38. The molecular weight excluding hydrogens is 256 g/mol. The second kappa shape index (κ2) is 5.98. The van der Waals surface area contributed by atoms with E-state index in [2.05, 4.69) is 35.4 Å². The predicted octanol–water partition coefficient (Wildman–Crippen LogP) is 4.13. The van der Waals surface area contributed by atoms with Gasteiger partial charge in [0.25, 0.3) is 0 Å². The largest absolute Gasteiger partial charge is 0.348 e. The third-order valence-corrected chi connectivity index (χ3v) is 4.41. The topological polar surface area (TPSA) is 18.5 Å². The molecule has 2 aliphatic rings. The fourth-order valence-corrected chi connectivity index (χ4v) is 3.22. The second-order valence-electron chi connectivity index (χ2n) is 4.90. The van der Waals surface area contributed by atoms with E-state index in [1.807, 2.05) is 6.07 Å². The molecule has 1 spiro atoms. The summed E-state index contributed by atoms with van der Waals surface area (Å²) in [6, 6.07) is 10.4. The van der Waals surface area contributed by atoms with Gasteiger partial charge in [-0.15, -0.1) is 5.73 Å². The summed E-state index contributed by atoms with van der Waals surface area (Å²) < 4.78 is 11.4. The molecule has 0 N–H and O–H groups in total. The Morgan fingerprint density at radius 3 is 2.42 bits per heavy atom. The molecule has 0 bridgehead atoms. The van der Waals surface area contributed by atoms with Gasteiger partial charge in [-0.3, -0.25) is 0 Å². The summed E-state index contributed by atoms with van der Waals surface area (Å²) >= 11 is 1.72. The first-order valence-corrected chi connectivity index (χ1v) is 7.67. The number of allylic oxidation sites excluding steroid dienone is 1. The van der Waals surface area contributed by atoms with Gasteiger partial charge in [0.05, 0.1) is 13.2 Å². The summed E-state index contributed by atoms with van der Waals surface area (Å²) in [5.74, 6) is -0.266. The quantitative estimate of drug-likeness (QED) is 0.596. The van der Waals surface area contributed by atoms with Gasteiger partial charge in [0.2, 0.25) is 0 Å². The lowest BCUT2D eigenvalue weighted by atomic mass is 9.90. The van der Waals surface area contributed by atoms with Crippen LogP contribution in [0.15, 0.2) is 51.9 Å². The first-order valence-electron chi connectivity index (χ1n) is 6.79. The van der Waals surface area contributed by atoms with Crippen LogP contribution in [-0.2, 0) is 9.47 Å². The molecule has 1 aromatic rings. The maximum Gasteiger partial charge on any atom is 0.169 e. The van der Waals surface area contributed by atoms with Crippen LogP contribution in [0.2, 0.25) is 0 Å². The standard InChI is InChI=1S/C16H18O2S/c1-2-4-15(5-3-1)19-13-8-14-6-9-16(10-7-14)17-11-12-18-16/h1-5,13H,6-7,9-12H2. The zero-order chi connectivity index (χ0) is 13.0. The Hall–Kier alpha value is -0.990. The van der Waals surface area contributed by atoms with E-state index in [9.17, 15) is 0 Å². The van der Waals surface area contributed by atoms with Crippen molar-refractivity contribution in [1.82, 2.24) is 0 Å². The lowest BCUT2D eigenvalue weighted by Crippen LogP contribution is -2.32. The van der Waals surface area contributed by atoms with Crippen molar-refractivity contribution in [2.45, 2.75) is 36.4 Å². The summed E-state index contributed by atoms with van der Waals surface area (Å²) in [5.41, 5.74) is 4.80. The molecule has 0 unspecified atom stereocenters. The van der Waals surface area contributed by atoms with E-state index < -0.39 is 0 Å². The van der Waals surface area contributed by atoms with E-state index in [1.54, 1.807) is 11.8 Å². The number of ether oxygens (including phenoxy) is 2. The highest BCUT2D eigenvalue weighted by Crippen LogP contribution is 2.37. The van der Waals surface area contributed by atoms with Crippen LogP contribution in [0.4, 0.5) is 0 Å². The number of hydrogen-bond acceptors (Lipinski definition) is 3. The maximum absolute atomic E-state index is 5.72. The smallest absolute Gasteiger partial charge is 0.169 e. The minimum atomic E-state index is -0.266. The van der Waals surface area contributed by atoms with Gasteiger partial charge in [0, 0.05) is 23.1 Å². The Morgan fingerprint density at radius 2 is 1.74 bits per heavy atom. The number of thioether (sulfide) groups is 1. The van der Waals surface area contributed by atoms with E-state index in [-0.39, 0.29) is 5.79 Å². The van der Waals surface area contributed by atoms with Crippen LogP contribution in [0.25, 0.3) is 0 Å². The number of hydrogen-bond donors (Lipinski definition) is 0. The second-order valence-corrected chi connectivity index (χ2v) is 5.85. The molecule has 1 aliphatic heterocycles. The lowest BCUT2D eigenvalue weighted by molar-refractivity contribution is -0.171. The van der Waals surface area contributed by atoms with Crippen molar-refractivity contribution in [2.24, 2.45) is 0 Å². The van der Waals surface area contributed by atoms with Crippen LogP contribution in [-0.4, -0.2) is 19.0 Å². The molecule has 2 fully saturated rings. The Bertz CT molecular complexity index is 471. The van der Waals surface area contributed by atoms with E-state index in [0.29, 0.717) is 0 Å². The van der Waals surface area contributed by atoms with Crippen molar-refractivity contribution < 1.29 is 9.47 Å². The first kappa shape index (κ1) is 13.0. The van der Waals surface area contributed by atoms with Crippen molar-refractivity contribution in [1.29, 1.82) is 0 Å². The van der Waals surface area contributed by atoms with Gasteiger partial charge < -0.3 is 9.47 Å². The van der Waals surface area contributed by atoms with Gasteiger partial charge in [0.1, 0.15) is 0 Å². The van der Waals surface area contributed by atoms with Crippen LogP contribution < -0.4 is 0 Å². The molecule has 1 aliphatic carbocycles. The average molecular weight is 274 g/mol. The van der Waals surface area contributed by atoms with Crippen LogP contribution in [0.5, 0.6) is 0 Å². The number of rotatable bonds is 2. The first-order chi connectivity index (χ1) is 9.36. The van der Waals surface area contributed by atoms with Crippen molar-refractivity contribution in [3.8, 4) is 0 Å². The fraction of sp³-hybridized carbons (Fsp3) is 0.438. The van der Waals surface area contributed by atoms with Crippen LogP contribution >= 0.6 is 11.8 Å². The van der Waals surface area contributed by atoms with Crippen LogP contribution in [0, 0.1) is 0 Å². The third kappa shape index (κ3) is 3.31. The highest BCUT2D eigenvalue weighted by molar-refractivity contribution is 8.02. The summed E-state index contributed by atoms with van der Waals surface area (Å²) in [6.07, 6.45) is 4.01. The summed E-state index contributed by atoms with van der Waals surface area (Å²) in [4.78, 5) is 1.25. The average Bonchev–Trinajstić information content (AvgIpc) is 2.91. The van der Waals surface area contributed by atoms with Gasteiger partial charge in [-0.2, -0.15) is 0 Å². The Kier molecular flexibility index (Phi) is 4.09. The Labute approximate surface area is 118 Å². The van der Waals surface area contributed by atoms with Crippen molar-refractivity contribution >= 4 is 11.8 Å². The van der Waals surface area contributed by atoms with Gasteiger partial charge in [0.15, 0.2) is 5.79 Å². The van der Waals surface area contributed by atoms with E-state index in [4.69, 9.17) is 9.47 Å². The normalized spacial score (nSPS) is 21.4. The van der Waals surface area contributed by atoms with Gasteiger partial charge in [-0.05, 0) is 30.5 Å².